The number of hydrogen-bond acceptors (Lipinski definition) is 4. The summed E-state index contributed by atoms with van der Waals surface area (Å²) in [5.41, 5.74) is 0.704. The number of carbonyl (C=O) groups excluding carboxylic acids is 1. The minimum Gasteiger partial charge on any atom is -0.306 e. The van der Waals surface area contributed by atoms with E-state index < -0.39 is 23.6 Å². The first kappa shape index (κ1) is 20.0. The summed E-state index contributed by atoms with van der Waals surface area (Å²) in [5.74, 6) is -0.544. The molecule has 0 saturated carbocycles. The molecule has 0 spiro atoms. The molecule has 1 aromatic carbocycles. The number of thiophene rings is 1. The minimum atomic E-state index is -4.56. The number of halogens is 4. The first-order valence-corrected chi connectivity index (χ1v) is 9.56. The zero-order valence-corrected chi connectivity index (χ0v) is 16.5. The fourth-order valence-corrected chi connectivity index (χ4v) is 4.09. The van der Waals surface area contributed by atoms with Crippen LogP contribution in [0.25, 0.3) is 15.9 Å². The van der Waals surface area contributed by atoms with Gasteiger partial charge in [0.1, 0.15) is 22.2 Å². The van der Waals surface area contributed by atoms with Gasteiger partial charge in [-0.05, 0) is 55.8 Å². The van der Waals surface area contributed by atoms with Gasteiger partial charge < -0.3 is 5.32 Å². The van der Waals surface area contributed by atoms with Gasteiger partial charge in [0.2, 0.25) is 0 Å². The van der Waals surface area contributed by atoms with Crippen LogP contribution < -0.4 is 5.32 Å². The second-order valence-corrected chi connectivity index (χ2v) is 7.62. The van der Waals surface area contributed by atoms with Gasteiger partial charge in [0.15, 0.2) is 0 Å². The summed E-state index contributed by atoms with van der Waals surface area (Å²) in [6.07, 6.45) is -4.56. The van der Waals surface area contributed by atoms with Crippen molar-refractivity contribution in [1.29, 1.82) is 0 Å². The molecule has 0 bridgehead atoms. The average molecular weight is 434 g/mol. The van der Waals surface area contributed by atoms with Crippen molar-refractivity contribution < 1.29 is 22.4 Å². The minimum absolute atomic E-state index is 0.135. The summed E-state index contributed by atoms with van der Waals surface area (Å²) < 4.78 is 53.5. The van der Waals surface area contributed by atoms with Crippen LogP contribution in [0.3, 0.4) is 0 Å². The fraction of sp³-hybridized carbons (Fsp3) is 0.150. The van der Waals surface area contributed by atoms with Gasteiger partial charge in [0, 0.05) is 11.5 Å². The highest BCUT2D eigenvalue weighted by Crippen LogP contribution is 2.34. The zero-order valence-electron chi connectivity index (χ0n) is 15.7. The molecule has 0 fully saturated rings. The van der Waals surface area contributed by atoms with Gasteiger partial charge >= 0.3 is 6.18 Å². The van der Waals surface area contributed by atoms with E-state index in [2.05, 4.69) is 15.4 Å². The molecule has 3 aromatic heterocycles. The molecular weight excluding hydrogens is 420 g/mol. The third kappa shape index (κ3) is 3.65. The highest BCUT2D eigenvalue weighted by molar-refractivity contribution is 7.20. The number of pyridine rings is 1. The molecule has 4 rings (SSSR count). The molecular formula is C20H14F4N4OS. The molecule has 1 N–H and O–H groups in total. The molecule has 0 radical (unpaired) electrons. The highest BCUT2D eigenvalue weighted by Gasteiger charge is 2.33. The van der Waals surface area contributed by atoms with Gasteiger partial charge in [-0.25, -0.2) is 14.1 Å². The Morgan fingerprint density at radius 3 is 2.47 bits per heavy atom. The number of aryl methyl sites for hydroxylation is 2. The maximum atomic E-state index is 13.2. The smallest absolute Gasteiger partial charge is 0.306 e. The maximum absolute atomic E-state index is 13.2. The average Bonchev–Trinajstić information content (AvgIpc) is 3.21. The SMILES string of the molecule is Cc1cc(NC(=O)c2sc3nc(C(F)(F)F)ccc3c2C)n(-c2ccc(F)cc2)n1. The lowest BCUT2D eigenvalue weighted by Crippen LogP contribution is -2.14. The summed E-state index contributed by atoms with van der Waals surface area (Å²) in [7, 11) is 0. The van der Waals surface area contributed by atoms with E-state index in [1.54, 1.807) is 19.9 Å². The van der Waals surface area contributed by atoms with Crippen LogP contribution in [-0.2, 0) is 6.18 Å². The van der Waals surface area contributed by atoms with Crippen LogP contribution in [0, 0.1) is 19.7 Å². The number of carbonyl (C=O) groups is 1. The Hall–Kier alpha value is -3.27. The van der Waals surface area contributed by atoms with Gasteiger partial charge in [0.25, 0.3) is 5.91 Å². The van der Waals surface area contributed by atoms with E-state index in [-0.39, 0.29) is 9.71 Å². The molecule has 30 heavy (non-hydrogen) atoms. The number of nitrogens with zero attached hydrogens (tertiary/aromatic N) is 3. The zero-order chi connectivity index (χ0) is 21.6. The topological polar surface area (TPSA) is 59.8 Å². The third-order valence-electron chi connectivity index (χ3n) is 4.44. The number of rotatable bonds is 3. The second-order valence-electron chi connectivity index (χ2n) is 6.62. The van der Waals surface area contributed by atoms with Crippen molar-refractivity contribution in [1.82, 2.24) is 14.8 Å². The van der Waals surface area contributed by atoms with Crippen molar-refractivity contribution in [3.8, 4) is 5.69 Å². The van der Waals surface area contributed by atoms with E-state index in [1.165, 1.54) is 35.0 Å². The Morgan fingerprint density at radius 2 is 1.80 bits per heavy atom. The van der Waals surface area contributed by atoms with Crippen molar-refractivity contribution >= 4 is 33.3 Å². The van der Waals surface area contributed by atoms with Crippen LogP contribution in [0.1, 0.15) is 26.6 Å². The monoisotopic (exact) mass is 434 g/mol. The van der Waals surface area contributed by atoms with Gasteiger partial charge in [-0.3, -0.25) is 4.79 Å². The van der Waals surface area contributed by atoms with Crippen LogP contribution >= 0.6 is 11.3 Å². The molecule has 0 unspecified atom stereocenters. The molecule has 4 aromatic rings. The Morgan fingerprint density at radius 1 is 1.10 bits per heavy atom. The number of anilines is 1. The Bertz CT molecular complexity index is 1260. The van der Waals surface area contributed by atoms with Gasteiger partial charge in [-0.2, -0.15) is 18.3 Å². The van der Waals surface area contributed by atoms with Crippen LogP contribution in [0.2, 0.25) is 0 Å². The number of fused-ring (bicyclic) bond motifs is 1. The Labute approximate surface area is 172 Å². The van der Waals surface area contributed by atoms with Crippen LogP contribution in [0.15, 0.2) is 42.5 Å². The van der Waals surface area contributed by atoms with E-state index >= 15 is 0 Å². The first-order chi connectivity index (χ1) is 14.1. The molecule has 5 nitrogen and oxygen atoms in total. The summed E-state index contributed by atoms with van der Waals surface area (Å²) in [5, 5.41) is 7.53. The predicted octanol–water partition coefficient (Wildman–Crippen LogP) is 5.51. The van der Waals surface area contributed by atoms with Gasteiger partial charge in [-0.15, -0.1) is 11.3 Å². The summed E-state index contributed by atoms with van der Waals surface area (Å²) in [4.78, 5) is 16.9. The second kappa shape index (κ2) is 7.21. The summed E-state index contributed by atoms with van der Waals surface area (Å²) in [6.45, 7) is 3.40. The van der Waals surface area contributed by atoms with Gasteiger partial charge in [-0.1, -0.05) is 0 Å². The molecule has 3 heterocycles. The van der Waals surface area contributed by atoms with Crippen LogP contribution in [0.5, 0.6) is 0 Å². The maximum Gasteiger partial charge on any atom is 0.433 e. The summed E-state index contributed by atoms with van der Waals surface area (Å²) in [6, 6.07) is 9.45. The molecule has 0 aliphatic heterocycles. The fourth-order valence-electron chi connectivity index (χ4n) is 3.01. The Kier molecular flexibility index (Phi) is 4.81. The molecule has 0 atom stereocenters. The predicted molar refractivity (Wildman–Crippen MR) is 106 cm³/mol. The van der Waals surface area contributed by atoms with Crippen molar-refractivity contribution in [2.45, 2.75) is 20.0 Å². The normalized spacial score (nSPS) is 11.8. The van der Waals surface area contributed by atoms with E-state index in [1.807, 2.05) is 0 Å². The molecule has 154 valence electrons. The standard InChI is InChI=1S/C20H14F4N4OS/c1-10-9-16(28(27-10)13-5-3-12(21)4-6-13)26-18(29)17-11(2)14-7-8-15(20(22,23)24)25-19(14)30-17/h3-9H,1-2H3,(H,26,29). The molecule has 10 heteroatoms. The van der Waals surface area contributed by atoms with Crippen LogP contribution in [-0.4, -0.2) is 20.7 Å². The lowest BCUT2D eigenvalue weighted by atomic mass is 10.2. The quantitative estimate of drug-likeness (QED) is 0.433. The van der Waals surface area contributed by atoms with Crippen LogP contribution in [0.4, 0.5) is 23.4 Å². The Balaban J connectivity index is 1.69. The largest absolute Gasteiger partial charge is 0.433 e. The lowest BCUT2D eigenvalue weighted by molar-refractivity contribution is -0.140. The van der Waals surface area contributed by atoms with E-state index in [9.17, 15) is 22.4 Å². The molecule has 1 amide bonds. The number of nitrogens with one attached hydrogen (secondary N) is 1. The first-order valence-electron chi connectivity index (χ1n) is 8.75. The van der Waals surface area contributed by atoms with Crippen molar-refractivity contribution in [2.24, 2.45) is 0 Å². The van der Waals surface area contributed by atoms with Crippen molar-refractivity contribution in [3.05, 3.63) is 70.1 Å². The number of hydrogen-bond donors (Lipinski definition) is 1. The molecule has 0 aliphatic rings. The van der Waals surface area contributed by atoms with Crippen molar-refractivity contribution in [2.75, 3.05) is 5.32 Å². The van der Waals surface area contributed by atoms with Gasteiger partial charge in [0.05, 0.1) is 16.3 Å². The number of alkyl halides is 3. The van der Waals surface area contributed by atoms with E-state index in [0.29, 0.717) is 28.1 Å². The summed E-state index contributed by atoms with van der Waals surface area (Å²) >= 11 is 0.890. The third-order valence-corrected chi connectivity index (χ3v) is 5.64. The lowest BCUT2D eigenvalue weighted by Gasteiger charge is -2.08. The number of aromatic nitrogens is 3. The highest BCUT2D eigenvalue weighted by atomic mass is 32.1. The van der Waals surface area contributed by atoms with E-state index in [4.69, 9.17) is 0 Å². The van der Waals surface area contributed by atoms with Crippen molar-refractivity contribution in [3.63, 3.8) is 0 Å². The molecule has 0 saturated heterocycles. The van der Waals surface area contributed by atoms with E-state index in [0.717, 1.165) is 17.4 Å². The number of benzene rings is 1. The number of amides is 1. The molecule has 0 aliphatic carbocycles.